The van der Waals surface area contributed by atoms with Crippen molar-refractivity contribution in [1.82, 2.24) is 9.88 Å². The molecule has 210 valence electrons. The first-order valence-corrected chi connectivity index (χ1v) is 14.3. The molecule has 0 bridgehead atoms. The summed E-state index contributed by atoms with van der Waals surface area (Å²) in [6.07, 6.45) is 4.30. The molecule has 1 N–H and O–H groups in total. The lowest BCUT2D eigenvalue weighted by Crippen LogP contribution is -2.38. The molecule has 7 nitrogen and oxygen atoms in total. The summed E-state index contributed by atoms with van der Waals surface area (Å²) in [4.78, 5) is 23.0. The van der Waals surface area contributed by atoms with Crippen LogP contribution in [0.15, 0.2) is 60.7 Å². The largest absolute Gasteiger partial charge is 0.454 e. The molecule has 0 unspecified atom stereocenters. The summed E-state index contributed by atoms with van der Waals surface area (Å²) in [5.74, 6) is 1.18. The van der Waals surface area contributed by atoms with Gasteiger partial charge in [-0.1, -0.05) is 18.2 Å². The Labute approximate surface area is 238 Å². The molecule has 3 heterocycles. The number of halogens is 1. The van der Waals surface area contributed by atoms with E-state index in [1.807, 2.05) is 18.2 Å². The molecular weight excluding hydrogens is 521 g/mol. The lowest BCUT2D eigenvalue weighted by molar-refractivity contribution is 0.0725. The molecule has 41 heavy (non-hydrogen) atoms. The highest BCUT2D eigenvalue weighted by atomic mass is 19.1. The van der Waals surface area contributed by atoms with Gasteiger partial charge in [-0.15, -0.1) is 0 Å². The summed E-state index contributed by atoms with van der Waals surface area (Å²) >= 11 is 0. The zero-order chi connectivity index (χ0) is 27.9. The Hall–Kier alpha value is -4.17. The summed E-state index contributed by atoms with van der Waals surface area (Å²) < 4.78 is 25.9. The van der Waals surface area contributed by atoms with Crippen LogP contribution in [0.25, 0.3) is 10.9 Å². The fourth-order valence-corrected chi connectivity index (χ4v) is 6.22. The van der Waals surface area contributed by atoms with Gasteiger partial charge in [0.2, 0.25) is 6.79 Å². The van der Waals surface area contributed by atoms with Gasteiger partial charge in [0.05, 0.1) is 17.2 Å². The van der Waals surface area contributed by atoms with Crippen molar-refractivity contribution in [3.8, 4) is 11.5 Å². The van der Waals surface area contributed by atoms with Crippen molar-refractivity contribution in [3.05, 3.63) is 94.3 Å². The predicted octanol–water partition coefficient (Wildman–Crippen LogP) is 5.40. The van der Waals surface area contributed by atoms with Gasteiger partial charge in [0.1, 0.15) is 11.6 Å². The summed E-state index contributed by atoms with van der Waals surface area (Å²) in [7, 11) is 0. The number of amides is 1. The second-order valence-corrected chi connectivity index (χ2v) is 11.2. The third kappa shape index (κ3) is 5.08. The first-order valence-electron chi connectivity index (χ1n) is 14.3. The lowest BCUT2D eigenvalue weighted by Gasteiger charge is -2.33. The molecule has 1 saturated heterocycles. The van der Waals surface area contributed by atoms with Gasteiger partial charge in [0.15, 0.2) is 11.5 Å². The van der Waals surface area contributed by atoms with Gasteiger partial charge in [-0.05, 0) is 91.3 Å². The molecule has 3 aromatic carbocycles. The van der Waals surface area contributed by atoms with Gasteiger partial charge >= 0.3 is 0 Å². The highest BCUT2D eigenvalue weighted by Crippen LogP contribution is 2.35. The summed E-state index contributed by atoms with van der Waals surface area (Å²) in [6, 6.07) is 18.3. The fourth-order valence-electron chi connectivity index (χ4n) is 6.22. The zero-order valence-electron chi connectivity index (χ0n) is 22.8. The number of aryl methyl sites for hydroxylation is 2. The lowest BCUT2D eigenvalue weighted by atomic mass is 10.0. The van der Waals surface area contributed by atoms with Gasteiger partial charge in [-0.25, -0.2) is 9.37 Å². The predicted molar refractivity (Wildman–Crippen MR) is 154 cm³/mol. The van der Waals surface area contributed by atoms with E-state index in [0.717, 1.165) is 47.1 Å². The molecule has 0 spiro atoms. The van der Waals surface area contributed by atoms with Crippen molar-refractivity contribution in [2.24, 2.45) is 0 Å². The maximum atomic E-state index is 14.9. The van der Waals surface area contributed by atoms with Crippen molar-refractivity contribution in [2.45, 2.75) is 51.3 Å². The Kier molecular flexibility index (Phi) is 6.71. The van der Waals surface area contributed by atoms with Crippen LogP contribution in [0.3, 0.4) is 0 Å². The van der Waals surface area contributed by atoms with E-state index >= 15 is 0 Å². The Balaban J connectivity index is 1.30. The van der Waals surface area contributed by atoms with Crippen LogP contribution in [0.1, 0.15) is 51.9 Å². The summed E-state index contributed by atoms with van der Waals surface area (Å²) in [5.41, 5.74) is 5.45. The van der Waals surface area contributed by atoms with Crippen molar-refractivity contribution >= 4 is 22.6 Å². The van der Waals surface area contributed by atoms with Gasteiger partial charge in [-0.3, -0.25) is 4.79 Å². The minimum atomic E-state index is -0.550. The second kappa shape index (κ2) is 10.7. The number of carbonyl (C=O) groups excluding carboxylic acids is 1. The van der Waals surface area contributed by atoms with Crippen LogP contribution in [0, 0.1) is 5.82 Å². The van der Waals surface area contributed by atoms with Crippen molar-refractivity contribution in [1.29, 1.82) is 0 Å². The number of hydrogen-bond acceptors (Lipinski definition) is 6. The van der Waals surface area contributed by atoms with Gasteiger partial charge in [0.25, 0.3) is 5.91 Å². The number of pyridine rings is 1. The molecule has 0 radical (unpaired) electrons. The number of piperidine rings is 1. The molecule has 3 aliphatic rings. The van der Waals surface area contributed by atoms with E-state index in [-0.39, 0.29) is 31.5 Å². The molecule has 1 amide bonds. The number of aromatic nitrogens is 1. The number of hydrogen-bond donors (Lipinski definition) is 1. The number of anilines is 1. The molecule has 1 fully saturated rings. The second-order valence-electron chi connectivity index (χ2n) is 11.2. The Morgan fingerprint density at radius 1 is 0.976 bits per heavy atom. The standard InChI is InChI=1S/C33H32FN3O4/c34-28-7-2-1-6-27(28)33(39)37(18-21-8-9-30-31(14-21)41-20-40-30)19-25-16-24-15-22-4-3-5-23(22)17-29(24)35-32(25)36-12-10-26(38)11-13-36/h1-2,6-9,14-17,26,38H,3-5,10-13,18-20H2. The Morgan fingerprint density at radius 3 is 2.59 bits per heavy atom. The molecular formula is C33H32FN3O4. The number of rotatable bonds is 6. The van der Waals surface area contributed by atoms with Crippen LogP contribution in [0.4, 0.5) is 10.2 Å². The van der Waals surface area contributed by atoms with E-state index in [4.69, 9.17) is 14.5 Å². The van der Waals surface area contributed by atoms with Crippen LogP contribution in [-0.2, 0) is 25.9 Å². The van der Waals surface area contributed by atoms with Crippen molar-refractivity contribution in [3.63, 3.8) is 0 Å². The van der Waals surface area contributed by atoms with Crippen LogP contribution >= 0.6 is 0 Å². The maximum Gasteiger partial charge on any atom is 0.257 e. The van der Waals surface area contributed by atoms with E-state index < -0.39 is 11.7 Å². The van der Waals surface area contributed by atoms with Crippen LogP contribution in [-0.4, -0.2) is 46.9 Å². The molecule has 1 aliphatic carbocycles. The highest BCUT2D eigenvalue weighted by molar-refractivity contribution is 5.94. The monoisotopic (exact) mass is 553 g/mol. The number of ether oxygens (including phenoxy) is 2. The average Bonchev–Trinajstić information content (AvgIpc) is 3.64. The molecule has 7 rings (SSSR count). The van der Waals surface area contributed by atoms with Crippen LogP contribution < -0.4 is 14.4 Å². The van der Waals surface area contributed by atoms with Crippen molar-refractivity contribution in [2.75, 3.05) is 24.8 Å². The summed E-state index contributed by atoms with van der Waals surface area (Å²) in [5, 5.41) is 11.2. The van der Waals surface area contributed by atoms with Gasteiger partial charge in [0, 0.05) is 37.1 Å². The number of nitrogens with zero attached hydrogens (tertiary/aromatic N) is 3. The number of fused-ring (bicyclic) bond motifs is 3. The molecule has 2 aliphatic heterocycles. The fraction of sp³-hybridized carbons (Fsp3) is 0.333. The number of benzene rings is 3. The van der Waals surface area contributed by atoms with Gasteiger partial charge in [-0.2, -0.15) is 0 Å². The van der Waals surface area contributed by atoms with Crippen molar-refractivity contribution < 1.29 is 23.8 Å². The SMILES string of the molecule is O=C(c1ccccc1F)N(Cc1ccc2c(c1)OCO2)Cc1cc2cc3c(cc2nc1N1CCC(O)CC1)CCC3. The normalized spacial score (nSPS) is 16.3. The molecule has 4 aromatic rings. The van der Waals surface area contributed by atoms with Crippen LogP contribution in [0.5, 0.6) is 11.5 Å². The number of carbonyl (C=O) groups is 1. The Morgan fingerprint density at radius 2 is 1.76 bits per heavy atom. The average molecular weight is 554 g/mol. The topological polar surface area (TPSA) is 75.1 Å². The third-order valence-corrected chi connectivity index (χ3v) is 8.41. The minimum absolute atomic E-state index is 0.0301. The minimum Gasteiger partial charge on any atom is -0.454 e. The van der Waals surface area contributed by atoms with E-state index in [9.17, 15) is 14.3 Å². The van der Waals surface area contributed by atoms with E-state index in [1.54, 1.807) is 17.0 Å². The van der Waals surface area contributed by atoms with Crippen LogP contribution in [0.2, 0.25) is 0 Å². The third-order valence-electron chi connectivity index (χ3n) is 8.41. The quantitative estimate of drug-likeness (QED) is 0.345. The maximum absolute atomic E-state index is 14.9. The first-order chi connectivity index (χ1) is 20.0. The smallest absolute Gasteiger partial charge is 0.257 e. The summed E-state index contributed by atoms with van der Waals surface area (Å²) in [6.45, 7) is 2.03. The molecule has 0 saturated carbocycles. The molecule has 0 atom stereocenters. The van der Waals surface area contributed by atoms with E-state index in [2.05, 4.69) is 23.1 Å². The van der Waals surface area contributed by atoms with E-state index in [0.29, 0.717) is 37.4 Å². The molecule has 1 aromatic heterocycles. The van der Waals surface area contributed by atoms with Gasteiger partial charge < -0.3 is 24.4 Å². The number of aliphatic hydroxyl groups excluding tert-OH is 1. The zero-order valence-corrected chi connectivity index (χ0v) is 22.8. The van der Waals surface area contributed by atoms with E-state index in [1.165, 1.54) is 23.3 Å². The molecule has 8 heteroatoms. The Bertz CT molecular complexity index is 1630. The number of aliphatic hydroxyl groups is 1. The first kappa shape index (κ1) is 25.8. The highest BCUT2D eigenvalue weighted by Gasteiger charge is 2.26.